The maximum Gasteiger partial charge on any atom is 0.291 e. The molecule has 1 unspecified atom stereocenters. The van der Waals surface area contributed by atoms with Gasteiger partial charge in [-0.3, -0.25) is 9.59 Å². The molecule has 5 heteroatoms. The second-order valence-corrected chi connectivity index (χ2v) is 6.01. The van der Waals surface area contributed by atoms with E-state index >= 15 is 0 Å². The van der Waals surface area contributed by atoms with E-state index in [1.54, 1.807) is 48.3 Å². The van der Waals surface area contributed by atoms with Gasteiger partial charge >= 0.3 is 0 Å². The minimum absolute atomic E-state index is 0.0648. The number of furan rings is 1. The highest BCUT2D eigenvalue weighted by molar-refractivity contribution is 6.03. The fraction of sp³-hybridized carbons (Fsp3) is 0.143. The quantitative estimate of drug-likeness (QED) is 0.745. The first kappa shape index (κ1) is 17.5. The fourth-order valence-corrected chi connectivity index (χ4v) is 2.67. The third kappa shape index (κ3) is 3.83. The van der Waals surface area contributed by atoms with Gasteiger partial charge in [0.05, 0.1) is 12.3 Å². The summed E-state index contributed by atoms with van der Waals surface area (Å²) in [6.07, 6.45) is 1.44. The van der Waals surface area contributed by atoms with Crippen LogP contribution in [0.25, 0.3) is 0 Å². The van der Waals surface area contributed by atoms with Gasteiger partial charge in [-0.25, -0.2) is 0 Å². The number of rotatable bonds is 5. The van der Waals surface area contributed by atoms with Crippen LogP contribution in [0.4, 0.5) is 5.69 Å². The van der Waals surface area contributed by atoms with Gasteiger partial charge < -0.3 is 14.6 Å². The molecule has 132 valence electrons. The molecule has 1 atom stereocenters. The Bertz CT molecular complexity index is 889. The molecule has 0 saturated heterocycles. The van der Waals surface area contributed by atoms with Crippen molar-refractivity contribution >= 4 is 17.5 Å². The zero-order valence-corrected chi connectivity index (χ0v) is 14.7. The molecule has 0 saturated carbocycles. The van der Waals surface area contributed by atoms with Gasteiger partial charge in [-0.15, -0.1) is 0 Å². The Morgan fingerprint density at radius 1 is 1.00 bits per heavy atom. The summed E-state index contributed by atoms with van der Waals surface area (Å²) in [5.74, 6) is -0.252. The second kappa shape index (κ2) is 7.70. The summed E-state index contributed by atoms with van der Waals surface area (Å²) < 4.78 is 5.08. The highest BCUT2D eigenvalue weighted by Gasteiger charge is 2.19. The van der Waals surface area contributed by atoms with Crippen LogP contribution in [0.5, 0.6) is 0 Å². The SMILES string of the molecule is CC(c1ccccc1)N(C)C(=O)c1cccc(NC(=O)c2ccco2)c1. The number of benzene rings is 2. The van der Waals surface area contributed by atoms with Gasteiger partial charge in [-0.2, -0.15) is 0 Å². The predicted molar refractivity (Wildman–Crippen MR) is 100 cm³/mol. The number of carbonyl (C=O) groups excluding carboxylic acids is 2. The van der Waals surface area contributed by atoms with Crippen LogP contribution in [0.2, 0.25) is 0 Å². The van der Waals surface area contributed by atoms with Crippen LogP contribution in [0.1, 0.15) is 39.4 Å². The molecule has 3 rings (SSSR count). The van der Waals surface area contributed by atoms with Crippen molar-refractivity contribution < 1.29 is 14.0 Å². The van der Waals surface area contributed by atoms with E-state index in [4.69, 9.17) is 4.42 Å². The van der Waals surface area contributed by atoms with Gasteiger partial charge in [0, 0.05) is 18.3 Å². The molecule has 26 heavy (non-hydrogen) atoms. The van der Waals surface area contributed by atoms with Gasteiger partial charge in [-0.1, -0.05) is 36.4 Å². The zero-order valence-electron chi connectivity index (χ0n) is 14.7. The second-order valence-electron chi connectivity index (χ2n) is 6.01. The van der Waals surface area contributed by atoms with E-state index in [-0.39, 0.29) is 23.6 Å². The number of hydrogen-bond acceptors (Lipinski definition) is 3. The van der Waals surface area contributed by atoms with Crippen molar-refractivity contribution in [1.82, 2.24) is 4.90 Å². The highest BCUT2D eigenvalue weighted by atomic mass is 16.3. The van der Waals surface area contributed by atoms with Crippen molar-refractivity contribution in [3.63, 3.8) is 0 Å². The lowest BCUT2D eigenvalue weighted by Gasteiger charge is -2.25. The molecule has 0 aliphatic heterocycles. The first-order valence-electron chi connectivity index (χ1n) is 8.33. The molecule has 3 aromatic rings. The molecule has 0 aliphatic rings. The van der Waals surface area contributed by atoms with Crippen LogP contribution in [-0.2, 0) is 0 Å². The average molecular weight is 348 g/mol. The summed E-state index contributed by atoms with van der Waals surface area (Å²) in [6.45, 7) is 1.98. The first-order chi connectivity index (χ1) is 12.6. The molecule has 0 aliphatic carbocycles. The Morgan fingerprint density at radius 3 is 2.46 bits per heavy atom. The van der Waals surface area contributed by atoms with Gasteiger partial charge in [0.25, 0.3) is 11.8 Å². The van der Waals surface area contributed by atoms with Crippen LogP contribution in [0.3, 0.4) is 0 Å². The van der Waals surface area contributed by atoms with Gasteiger partial charge in [0.1, 0.15) is 0 Å². The van der Waals surface area contributed by atoms with Gasteiger partial charge in [0.15, 0.2) is 5.76 Å². The van der Waals surface area contributed by atoms with Crippen LogP contribution in [0, 0.1) is 0 Å². The molecule has 2 amide bonds. The molecule has 1 N–H and O–H groups in total. The Kier molecular flexibility index (Phi) is 5.17. The smallest absolute Gasteiger partial charge is 0.291 e. The largest absolute Gasteiger partial charge is 0.459 e. The molecule has 0 spiro atoms. The molecule has 0 bridgehead atoms. The molecule has 0 fully saturated rings. The van der Waals surface area contributed by atoms with E-state index < -0.39 is 0 Å². The van der Waals surface area contributed by atoms with Crippen molar-refractivity contribution in [2.24, 2.45) is 0 Å². The summed E-state index contributed by atoms with van der Waals surface area (Å²) in [7, 11) is 1.77. The van der Waals surface area contributed by atoms with E-state index in [2.05, 4.69) is 5.32 Å². The summed E-state index contributed by atoms with van der Waals surface area (Å²) >= 11 is 0. The van der Waals surface area contributed by atoms with E-state index in [1.807, 2.05) is 37.3 Å². The Morgan fingerprint density at radius 2 is 1.77 bits per heavy atom. The van der Waals surface area contributed by atoms with E-state index in [1.165, 1.54) is 6.26 Å². The summed E-state index contributed by atoms with van der Waals surface area (Å²) in [5.41, 5.74) is 2.11. The van der Waals surface area contributed by atoms with Crippen LogP contribution in [0.15, 0.2) is 77.4 Å². The predicted octanol–water partition coefficient (Wildman–Crippen LogP) is 4.37. The number of carbonyl (C=O) groups is 2. The lowest BCUT2D eigenvalue weighted by Crippen LogP contribution is -2.29. The summed E-state index contributed by atoms with van der Waals surface area (Å²) in [5, 5.41) is 2.74. The Hall–Kier alpha value is -3.34. The molecular formula is C21H20N2O3. The lowest BCUT2D eigenvalue weighted by atomic mass is 10.1. The topological polar surface area (TPSA) is 62.6 Å². The minimum atomic E-state index is -0.356. The molecule has 1 aromatic heterocycles. The van der Waals surface area contributed by atoms with E-state index in [0.29, 0.717) is 11.3 Å². The molecule has 2 aromatic carbocycles. The number of hydrogen-bond donors (Lipinski definition) is 1. The third-order valence-electron chi connectivity index (χ3n) is 4.30. The van der Waals surface area contributed by atoms with Crippen molar-refractivity contribution in [3.8, 4) is 0 Å². The van der Waals surface area contributed by atoms with Crippen molar-refractivity contribution in [2.45, 2.75) is 13.0 Å². The number of amides is 2. The molecular weight excluding hydrogens is 328 g/mol. The number of anilines is 1. The van der Waals surface area contributed by atoms with Crippen molar-refractivity contribution in [1.29, 1.82) is 0 Å². The Labute approximate surface area is 152 Å². The summed E-state index contributed by atoms with van der Waals surface area (Å²) in [6, 6.07) is 19.9. The van der Waals surface area contributed by atoms with Crippen LogP contribution >= 0.6 is 0 Å². The zero-order chi connectivity index (χ0) is 18.5. The Balaban J connectivity index is 1.74. The van der Waals surface area contributed by atoms with E-state index in [0.717, 1.165) is 5.56 Å². The molecule has 0 radical (unpaired) electrons. The monoisotopic (exact) mass is 348 g/mol. The highest BCUT2D eigenvalue weighted by Crippen LogP contribution is 2.21. The average Bonchev–Trinajstić information content (AvgIpc) is 3.22. The maximum atomic E-state index is 12.8. The molecule has 5 nitrogen and oxygen atoms in total. The lowest BCUT2D eigenvalue weighted by molar-refractivity contribution is 0.0742. The van der Waals surface area contributed by atoms with Crippen molar-refractivity contribution in [2.75, 3.05) is 12.4 Å². The minimum Gasteiger partial charge on any atom is -0.459 e. The van der Waals surface area contributed by atoms with E-state index in [9.17, 15) is 9.59 Å². The maximum absolute atomic E-state index is 12.8. The van der Waals surface area contributed by atoms with Gasteiger partial charge in [0.2, 0.25) is 0 Å². The standard InChI is InChI=1S/C21H20N2O3/c1-15(16-8-4-3-5-9-16)23(2)21(25)17-10-6-11-18(14-17)22-20(24)19-12-7-13-26-19/h3-15H,1-2H3,(H,22,24). The van der Waals surface area contributed by atoms with Crippen LogP contribution in [-0.4, -0.2) is 23.8 Å². The van der Waals surface area contributed by atoms with Crippen LogP contribution < -0.4 is 5.32 Å². The summed E-state index contributed by atoms with van der Waals surface area (Å²) in [4.78, 5) is 26.6. The number of nitrogens with one attached hydrogen (secondary N) is 1. The molecule has 1 heterocycles. The third-order valence-corrected chi connectivity index (χ3v) is 4.30. The normalized spacial score (nSPS) is 11.6. The fourth-order valence-electron chi connectivity index (χ4n) is 2.67. The van der Waals surface area contributed by atoms with Gasteiger partial charge in [-0.05, 0) is 42.8 Å². The first-order valence-corrected chi connectivity index (χ1v) is 8.33. The number of nitrogens with zero attached hydrogens (tertiary/aromatic N) is 1. The van der Waals surface area contributed by atoms with Crippen molar-refractivity contribution in [3.05, 3.63) is 89.9 Å².